The molecule has 1 aliphatic carbocycles. The summed E-state index contributed by atoms with van der Waals surface area (Å²) in [5, 5.41) is 4.74. The van der Waals surface area contributed by atoms with E-state index in [0.29, 0.717) is 11.7 Å². The minimum absolute atomic E-state index is 0.0633. The van der Waals surface area contributed by atoms with Gasteiger partial charge in [-0.1, -0.05) is 72.8 Å². The van der Waals surface area contributed by atoms with Gasteiger partial charge in [0.2, 0.25) is 0 Å². The summed E-state index contributed by atoms with van der Waals surface area (Å²) in [4.78, 5) is 13.4. The molecule has 0 spiro atoms. The Morgan fingerprint density at radius 1 is 0.964 bits per heavy atom. The first-order valence-electron chi connectivity index (χ1n) is 9.20. The van der Waals surface area contributed by atoms with E-state index in [9.17, 15) is 0 Å². The zero-order valence-electron chi connectivity index (χ0n) is 15.4. The predicted octanol–water partition coefficient (Wildman–Crippen LogP) is 4.16. The molecule has 1 aliphatic rings. The van der Waals surface area contributed by atoms with E-state index in [1.54, 1.807) is 0 Å². The van der Waals surface area contributed by atoms with Crippen molar-refractivity contribution in [2.75, 3.05) is 6.00 Å². The van der Waals surface area contributed by atoms with E-state index in [0.717, 1.165) is 17.4 Å². The molecule has 0 amide bonds. The Labute approximate surface area is 169 Å². The Bertz CT molecular complexity index is 1210. The summed E-state index contributed by atoms with van der Waals surface area (Å²) in [6, 6.07) is 22.8. The van der Waals surface area contributed by atoms with Gasteiger partial charge in [-0.2, -0.15) is 0 Å². The summed E-state index contributed by atoms with van der Waals surface area (Å²) >= 11 is 5.93. The average Bonchev–Trinajstić information content (AvgIpc) is 2.76. The van der Waals surface area contributed by atoms with Gasteiger partial charge in [-0.15, -0.1) is 11.6 Å². The fourth-order valence-electron chi connectivity index (χ4n) is 3.49. The number of fused-ring (bicyclic) bond motifs is 2. The molecule has 0 saturated heterocycles. The molecule has 3 aromatic carbocycles. The van der Waals surface area contributed by atoms with Gasteiger partial charge < -0.3 is 0 Å². The quantitative estimate of drug-likeness (QED) is 0.281. The summed E-state index contributed by atoms with van der Waals surface area (Å²) < 4.78 is 0. The highest BCUT2D eigenvalue weighted by Gasteiger charge is 2.15. The maximum Gasteiger partial charge on any atom is 0.157 e. The van der Waals surface area contributed by atoms with Crippen LogP contribution in [0.3, 0.4) is 0 Å². The zero-order chi connectivity index (χ0) is 19.3. The Kier molecular flexibility index (Phi) is 5.45. The zero-order valence-corrected chi connectivity index (χ0v) is 16.2. The molecule has 1 atom stereocenters. The van der Waals surface area contributed by atoms with Crippen LogP contribution in [0, 0.1) is 5.92 Å². The third-order valence-electron chi connectivity index (χ3n) is 4.90. The summed E-state index contributed by atoms with van der Waals surface area (Å²) in [5.41, 5.74) is 0.917. The van der Waals surface area contributed by atoms with E-state index in [1.807, 2.05) is 24.3 Å². The van der Waals surface area contributed by atoms with Gasteiger partial charge in [-0.25, -0.2) is 15.0 Å². The van der Waals surface area contributed by atoms with Crippen molar-refractivity contribution < 1.29 is 0 Å². The topological polar surface area (TPSA) is 37.1 Å². The van der Waals surface area contributed by atoms with Gasteiger partial charge in [0.05, 0.1) is 0 Å². The number of nitrogens with zero attached hydrogens (tertiary/aromatic N) is 3. The van der Waals surface area contributed by atoms with Crippen molar-refractivity contribution >= 4 is 52.9 Å². The highest BCUT2D eigenvalue weighted by Crippen LogP contribution is 2.18. The van der Waals surface area contributed by atoms with E-state index < -0.39 is 0 Å². The van der Waals surface area contributed by atoms with Gasteiger partial charge >= 0.3 is 0 Å². The van der Waals surface area contributed by atoms with Crippen molar-refractivity contribution in [3.63, 3.8) is 0 Å². The van der Waals surface area contributed by atoms with E-state index in [1.165, 1.54) is 15.8 Å². The van der Waals surface area contributed by atoms with Gasteiger partial charge in [0.1, 0.15) is 11.8 Å². The molecule has 3 aromatic rings. The monoisotopic (exact) mass is 385 g/mol. The average molecular weight is 386 g/mol. The maximum absolute atomic E-state index is 5.93. The van der Waals surface area contributed by atoms with Crippen LogP contribution in [-0.4, -0.2) is 24.4 Å². The molecule has 0 aliphatic heterocycles. The van der Waals surface area contributed by atoms with Crippen molar-refractivity contribution in [2.24, 2.45) is 20.9 Å². The van der Waals surface area contributed by atoms with Crippen molar-refractivity contribution in [3.8, 4) is 0 Å². The molecule has 3 nitrogen and oxygen atoms in total. The lowest BCUT2D eigenvalue weighted by Crippen LogP contribution is -2.30. The highest BCUT2D eigenvalue weighted by atomic mass is 35.5. The fourth-order valence-corrected chi connectivity index (χ4v) is 3.60. The summed E-state index contributed by atoms with van der Waals surface area (Å²) in [6.07, 6.45) is 5.25. The van der Waals surface area contributed by atoms with Crippen LogP contribution in [0.25, 0.3) is 22.9 Å². The SMILES string of the molecule is C=NC(=NC(=NCCl)c1ccc2ccccc2c1)C1C=c2ccccc2=CC1. The van der Waals surface area contributed by atoms with Gasteiger partial charge in [0.25, 0.3) is 0 Å². The van der Waals surface area contributed by atoms with Crippen LogP contribution in [0.2, 0.25) is 0 Å². The molecule has 0 heterocycles. The third kappa shape index (κ3) is 3.80. The van der Waals surface area contributed by atoms with Crippen LogP contribution in [0.1, 0.15) is 12.0 Å². The lowest BCUT2D eigenvalue weighted by molar-refractivity contribution is 0.932. The smallest absolute Gasteiger partial charge is 0.157 e. The first-order valence-corrected chi connectivity index (χ1v) is 9.74. The molecule has 4 rings (SSSR count). The second-order valence-electron chi connectivity index (χ2n) is 6.63. The Balaban J connectivity index is 1.74. The van der Waals surface area contributed by atoms with Crippen LogP contribution in [0.15, 0.2) is 81.7 Å². The summed E-state index contributed by atoms with van der Waals surface area (Å²) in [6.45, 7) is 3.75. The highest BCUT2D eigenvalue weighted by molar-refractivity contribution is 6.19. The Morgan fingerprint density at radius 3 is 2.50 bits per heavy atom. The van der Waals surface area contributed by atoms with E-state index >= 15 is 0 Å². The molecule has 0 saturated carbocycles. The van der Waals surface area contributed by atoms with E-state index in [-0.39, 0.29) is 11.9 Å². The second kappa shape index (κ2) is 8.32. The van der Waals surface area contributed by atoms with Crippen LogP contribution >= 0.6 is 11.6 Å². The van der Waals surface area contributed by atoms with Crippen molar-refractivity contribution in [1.82, 2.24) is 0 Å². The lowest BCUT2D eigenvalue weighted by Gasteiger charge is -2.14. The molecule has 0 bridgehead atoms. The van der Waals surface area contributed by atoms with Crippen LogP contribution in [0.4, 0.5) is 0 Å². The number of hydrogen-bond donors (Lipinski definition) is 0. The van der Waals surface area contributed by atoms with Crippen molar-refractivity contribution in [1.29, 1.82) is 0 Å². The van der Waals surface area contributed by atoms with Gasteiger partial charge in [0, 0.05) is 11.5 Å². The molecule has 0 radical (unpaired) electrons. The molecule has 0 fully saturated rings. The fraction of sp³-hybridized carbons (Fsp3) is 0.125. The number of halogens is 1. The molecular formula is C24H20ClN3. The third-order valence-corrected chi connectivity index (χ3v) is 5.02. The first-order chi connectivity index (χ1) is 13.8. The second-order valence-corrected chi connectivity index (χ2v) is 6.87. The summed E-state index contributed by atoms with van der Waals surface area (Å²) in [7, 11) is 0. The molecular weight excluding hydrogens is 366 g/mol. The summed E-state index contributed by atoms with van der Waals surface area (Å²) in [5.74, 6) is 1.30. The molecule has 28 heavy (non-hydrogen) atoms. The largest absolute Gasteiger partial charge is 0.250 e. The number of alkyl halides is 1. The number of rotatable bonds is 3. The van der Waals surface area contributed by atoms with Crippen molar-refractivity contribution in [2.45, 2.75) is 6.42 Å². The minimum Gasteiger partial charge on any atom is -0.250 e. The molecule has 138 valence electrons. The van der Waals surface area contributed by atoms with Gasteiger partial charge in [0.15, 0.2) is 5.84 Å². The van der Waals surface area contributed by atoms with E-state index in [2.05, 4.69) is 71.3 Å². The minimum atomic E-state index is 0.0633. The first kappa shape index (κ1) is 18.3. The molecule has 0 aromatic heterocycles. The Hall–Kier alpha value is -3.04. The molecule has 1 unspecified atom stereocenters. The standard InChI is InChI=1S/C24H20ClN3/c1-26-23(21-12-10-17-6-2-4-8-19(17)14-21)28-24(27-16-25)22-13-11-18-7-3-5-9-20(18)15-22/h2-11,13-15,21H,1,12,16H2. The molecule has 0 N–H and O–H groups in total. The number of aliphatic imine (C=N–C) groups is 3. The van der Waals surface area contributed by atoms with Crippen LogP contribution < -0.4 is 10.4 Å². The van der Waals surface area contributed by atoms with Crippen molar-refractivity contribution in [3.05, 3.63) is 82.7 Å². The molecule has 4 heteroatoms. The Morgan fingerprint density at radius 2 is 1.71 bits per heavy atom. The normalized spacial score (nSPS) is 16.8. The lowest BCUT2D eigenvalue weighted by atomic mass is 9.96. The number of amidine groups is 2. The van der Waals surface area contributed by atoms with Crippen LogP contribution in [-0.2, 0) is 0 Å². The van der Waals surface area contributed by atoms with Gasteiger partial charge in [-0.05, 0) is 40.4 Å². The maximum atomic E-state index is 5.93. The van der Waals surface area contributed by atoms with E-state index in [4.69, 9.17) is 16.6 Å². The van der Waals surface area contributed by atoms with Crippen LogP contribution in [0.5, 0.6) is 0 Å². The van der Waals surface area contributed by atoms with Gasteiger partial charge in [-0.3, -0.25) is 0 Å². The predicted molar refractivity (Wildman–Crippen MR) is 121 cm³/mol. The number of hydrogen-bond acceptors (Lipinski definition) is 1. The number of benzene rings is 3.